The normalized spacial score (nSPS) is 19.1. The predicted octanol–water partition coefficient (Wildman–Crippen LogP) is 0.359. The summed E-state index contributed by atoms with van der Waals surface area (Å²) in [7, 11) is 2.15. The fraction of sp³-hybridized carbons (Fsp3) is 0.600. The van der Waals surface area contributed by atoms with Crippen LogP contribution in [0.4, 0.5) is 5.82 Å². The first kappa shape index (κ1) is 10.3. The van der Waals surface area contributed by atoms with Crippen molar-refractivity contribution in [2.24, 2.45) is 0 Å². The number of piperazine rings is 1. The molecule has 0 bridgehead atoms. The van der Waals surface area contributed by atoms with Gasteiger partial charge in [-0.1, -0.05) is 0 Å². The van der Waals surface area contributed by atoms with Gasteiger partial charge in [0, 0.05) is 37.9 Å². The molecule has 0 atom stereocenters. The zero-order chi connectivity index (χ0) is 10.7. The van der Waals surface area contributed by atoms with Gasteiger partial charge in [0.2, 0.25) is 0 Å². The number of hydrogen-bond acceptors (Lipinski definition) is 5. The minimum Gasteiger partial charge on any atom is -0.304 e. The Balaban J connectivity index is 1.92. The number of likely N-dealkylation sites (N-methyl/N-ethyl adjacent to an activating group) is 1. The standard InChI is InChI=1S/C10H17N5/c1-9-7-10(12-8-11-9)13-15-5-3-14(2)4-6-15/h7-8H,3-6H2,1-2H3,(H,11,12,13). The highest BCUT2D eigenvalue weighted by molar-refractivity contribution is 5.33. The van der Waals surface area contributed by atoms with E-state index >= 15 is 0 Å². The lowest BCUT2D eigenvalue weighted by molar-refractivity contribution is 0.178. The molecule has 0 saturated carbocycles. The number of nitrogens with zero attached hydrogens (tertiary/aromatic N) is 4. The van der Waals surface area contributed by atoms with Crippen molar-refractivity contribution in [3.05, 3.63) is 18.1 Å². The van der Waals surface area contributed by atoms with E-state index in [2.05, 4.69) is 32.4 Å². The van der Waals surface area contributed by atoms with E-state index in [0.29, 0.717) is 0 Å². The van der Waals surface area contributed by atoms with Gasteiger partial charge in [-0.25, -0.2) is 15.0 Å². The molecule has 1 aliphatic rings. The molecular weight excluding hydrogens is 190 g/mol. The molecule has 1 aliphatic heterocycles. The average Bonchev–Trinajstić information content (AvgIpc) is 2.22. The summed E-state index contributed by atoms with van der Waals surface area (Å²) in [5.74, 6) is 0.882. The second-order valence-electron chi connectivity index (χ2n) is 3.95. The van der Waals surface area contributed by atoms with Gasteiger partial charge in [0.25, 0.3) is 0 Å². The molecule has 1 aromatic heterocycles. The number of aromatic nitrogens is 2. The number of hydrogen-bond donors (Lipinski definition) is 1. The summed E-state index contributed by atoms with van der Waals surface area (Å²) in [4.78, 5) is 10.6. The van der Waals surface area contributed by atoms with Gasteiger partial charge in [-0.3, -0.25) is 0 Å². The van der Waals surface area contributed by atoms with Crippen LogP contribution in [0.3, 0.4) is 0 Å². The molecule has 1 aromatic rings. The zero-order valence-electron chi connectivity index (χ0n) is 9.27. The first-order valence-corrected chi connectivity index (χ1v) is 5.23. The Morgan fingerprint density at radius 2 is 1.93 bits per heavy atom. The second kappa shape index (κ2) is 4.55. The van der Waals surface area contributed by atoms with E-state index in [1.165, 1.54) is 0 Å². The van der Waals surface area contributed by atoms with Crippen molar-refractivity contribution in [2.45, 2.75) is 6.92 Å². The van der Waals surface area contributed by atoms with Gasteiger partial charge in [0.15, 0.2) is 0 Å². The molecule has 82 valence electrons. The summed E-state index contributed by atoms with van der Waals surface area (Å²) < 4.78 is 0. The highest BCUT2D eigenvalue weighted by Gasteiger charge is 2.13. The molecule has 2 rings (SSSR count). The number of hydrazine groups is 1. The fourth-order valence-electron chi connectivity index (χ4n) is 1.60. The van der Waals surface area contributed by atoms with Gasteiger partial charge < -0.3 is 10.3 Å². The van der Waals surface area contributed by atoms with Crippen LogP contribution in [0.1, 0.15) is 5.69 Å². The third-order valence-corrected chi connectivity index (χ3v) is 2.58. The molecule has 15 heavy (non-hydrogen) atoms. The van der Waals surface area contributed by atoms with E-state index in [1.807, 2.05) is 13.0 Å². The van der Waals surface area contributed by atoms with Gasteiger partial charge in [0.1, 0.15) is 12.1 Å². The molecule has 1 N–H and O–H groups in total. The molecule has 1 saturated heterocycles. The number of anilines is 1. The maximum atomic E-state index is 4.18. The molecule has 0 spiro atoms. The summed E-state index contributed by atoms with van der Waals surface area (Å²) >= 11 is 0. The molecule has 0 radical (unpaired) electrons. The lowest BCUT2D eigenvalue weighted by Gasteiger charge is -2.32. The summed E-state index contributed by atoms with van der Waals surface area (Å²) in [6, 6.07) is 1.96. The molecule has 0 unspecified atom stereocenters. The van der Waals surface area contributed by atoms with E-state index in [9.17, 15) is 0 Å². The van der Waals surface area contributed by atoms with Crippen molar-refractivity contribution >= 4 is 5.82 Å². The Morgan fingerprint density at radius 3 is 2.60 bits per heavy atom. The zero-order valence-corrected chi connectivity index (χ0v) is 9.27. The van der Waals surface area contributed by atoms with E-state index in [4.69, 9.17) is 0 Å². The number of nitrogens with one attached hydrogen (secondary N) is 1. The molecule has 2 heterocycles. The predicted molar refractivity (Wildman–Crippen MR) is 59.5 cm³/mol. The SMILES string of the molecule is Cc1cc(NN2CCN(C)CC2)ncn1. The van der Waals surface area contributed by atoms with E-state index in [1.54, 1.807) is 6.33 Å². The topological polar surface area (TPSA) is 44.3 Å². The molecular formula is C10H17N5. The smallest absolute Gasteiger partial charge is 0.143 e. The Kier molecular flexibility index (Phi) is 3.13. The number of rotatable bonds is 2. The van der Waals surface area contributed by atoms with E-state index in [-0.39, 0.29) is 0 Å². The Labute approximate surface area is 90.1 Å². The van der Waals surface area contributed by atoms with Crippen LogP contribution in [0.25, 0.3) is 0 Å². The number of aryl methyl sites for hydroxylation is 1. The van der Waals surface area contributed by atoms with Crippen molar-refractivity contribution in [3.8, 4) is 0 Å². The van der Waals surface area contributed by atoms with Crippen molar-refractivity contribution in [2.75, 3.05) is 38.7 Å². The molecule has 1 fully saturated rings. The third kappa shape index (κ3) is 2.87. The Bertz CT molecular complexity index is 319. The molecule has 0 aromatic carbocycles. The quantitative estimate of drug-likeness (QED) is 0.758. The first-order chi connectivity index (χ1) is 7.24. The summed E-state index contributed by atoms with van der Waals surface area (Å²) in [6.07, 6.45) is 1.59. The van der Waals surface area contributed by atoms with Crippen molar-refractivity contribution < 1.29 is 0 Å². The Hall–Kier alpha value is -1.20. The van der Waals surface area contributed by atoms with Gasteiger partial charge >= 0.3 is 0 Å². The molecule has 5 nitrogen and oxygen atoms in total. The van der Waals surface area contributed by atoms with Gasteiger partial charge in [0.05, 0.1) is 0 Å². The van der Waals surface area contributed by atoms with Crippen LogP contribution < -0.4 is 5.43 Å². The maximum absolute atomic E-state index is 4.18. The van der Waals surface area contributed by atoms with Gasteiger partial charge in [-0.15, -0.1) is 0 Å². The van der Waals surface area contributed by atoms with Crippen molar-refractivity contribution in [1.29, 1.82) is 0 Å². The highest BCUT2D eigenvalue weighted by Crippen LogP contribution is 2.06. The average molecular weight is 207 g/mol. The summed E-state index contributed by atoms with van der Waals surface area (Å²) in [6.45, 7) is 6.21. The van der Waals surface area contributed by atoms with E-state index in [0.717, 1.165) is 37.7 Å². The molecule has 5 heteroatoms. The molecule has 0 aliphatic carbocycles. The minimum atomic E-state index is 0.882. The Morgan fingerprint density at radius 1 is 1.20 bits per heavy atom. The summed E-state index contributed by atoms with van der Waals surface area (Å²) in [5, 5.41) is 2.20. The fourth-order valence-corrected chi connectivity index (χ4v) is 1.60. The van der Waals surface area contributed by atoms with Crippen molar-refractivity contribution in [3.63, 3.8) is 0 Å². The first-order valence-electron chi connectivity index (χ1n) is 5.23. The monoisotopic (exact) mass is 207 g/mol. The van der Waals surface area contributed by atoms with E-state index < -0.39 is 0 Å². The van der Waals surface area contributed by atoms with Gasteiger partial charge in [-0.05, 0) is 14.0 Å². The lowest BCUT2D eigenvalue weighted by Crippen LogP contribution is -2.47. The lowest BCUT2D eigenvalue weighted by atomic mass is 10.4. The second-order valence-corrected chi connectivity index (χ2v) is 3.95. The summed E-state index contributed by atoms with van der Waals surface area (Å²) in [5.41, 5.74) is 4.29. The molecule has 0 amide bonds. The van der Waals surface area contributed by atoms with Crippen molar-refractivity contribution in [1.82, 2.24) is 19.9 Å². The third-order valence-electron chi connectivity index (χ3n) is 2.58. The van der Waals surface area contributed by atoms with Crippen LogP contribution in [-0.2, 0) is 0 Å². The largest absolute Gasteiger partial charge is 0.304 e. The highest BCUT2D eigenvalue weighted by atomic mass is 15.5. The van der Waals surface area contributed by atoms with Crippen LogP contribution >= 0.6 is 0 Å². The van der Waals surface area contributed by atoms with Crippen LogP contribution in [0, 0.1) is 6.92 Å². The van der Waals surface area contributed by atoms with Crippen LogP contribution in [0.2, 0.25) is 0 Å². The maximum Gasteiger partial charge on any atom is 0.143 e. The van der Waals surface area contributed by atoms with Crippen LogP contribution in [0.15, 0.2) is 12.4 Å². The van der Waals surface area contributed by atoms with Gasteiger partial charge in [-0.2, -0.15) is 0 Å². The minimum absolute atomic E-state index is 0.882. The van der Waals surface area contributed by atoms with Crippen LogP contribution in [0.5, 0.6) is 0 Å². The van der Waals surface area contributed by atoms with Crippen LogP contribution in [-0.4, -0.2) is 53.1 Å².